The summed E-state index contributed by atoms with van der Waals surface area (Å²) < 4.78 is 22.1. The van der Waals surface area contributed by atoms with Gasteiger partial charge in [-0.05, 0) is 69.1 Å². The van der Waals surface area contributed by atoms with Crippen LogP contribution < -0.4 is 18.9 Å². The van der Waals surface area contributed by atoms with Gasteiger partial charge in [-0.3, -0.25) is 0 Å². The first kappa shape index (κ1) is 25.0. The Labute approximate surface area is 223 Å². The summed E-state index contributed by atoms with van der Waals surface area (Å²) in [6.07, 6.45) is 8.51. The Bertz CT molecular complexity index is 1480. The molecule has 5 aromatic rings. The molecule has 0 aliphatic rings. The van der Waals surface area contributed by atoms with E-state index in [0.717, 1.165) is 45.3 Å². The molecule has 0 radical (unpaired) electrons. The normalized spacial score (nSPS) is 11.5. The van der Waals surface area contributed by atoms with Crippen LogP contribution in [0.5, 0.6) is 23.0 Å². The van der Waals surface area contributed by atoms with Crippen molar-refractivity contribution in [2.75, 3.05) is 28.4 Å². The molecule has 0 bridgehead atoms. The molecule has 5 rings (SSSR count). The van der Waals surface area contributed by atoms with Gasteiger partial charge in [0.2, 0.25) is 0 Å². The fourth-order valence-electron chi connectivity index (χ4n) is 4.84. The minimum absolute atomic E-state index is 0.786. The van der Waals surface area contributed by atoms with Crippen molar-refractivity contribution in [1.82, 2.24) is 0 Å². The van der Waals surface area contributed by atoms with Crippen LogP contribution in [0.4, 0.5) is 0 Å². The molecule has 0 fully saturated rings. The third-order valence-electron chi connectivity index (χ3n) is 6.75. The van der Waals surface area contributed by atoms with Gasteiger partial charge in [-0.15, -0.1) is 0 Å². The standard InChI is InChI=1S/C34H30O4/c1-35-25-15-19-33(37-3)23(21-25)13-17-31-27-9-5-7-11-29(27)32(30-12-8-6-10-28(30)31)18-14-24-22-26(36-2)16-20-34(24)38-4/h5-22H,1-4H3/b17-13+,18-14+. The molecule has 0 amide bonds. The van der Waals surface area contributed by atoms with Gasteiger partial charge in [-0.1, -0.05) is 72.8 Å². The van der Waals surface area contributed by atoms with Gasteiger partial charge in [0.25, 0.3) is 0 Å². The first-order chi connectivity index (χ1) is 18.7. The van der Waals surface area contributed by atoms with Crippen LogP contribution in [-0.4, -0.2) is 28.4 Å². The van der Waals surface area contributed by atoms with Crippen LogP contribution in [-0.2, 0) is 0 Å². The Hall–Kier alpha value is -4.70. The summed E-state index contributed by atoms with van der Waals surface area (Å²) in [6.45, 7) is 0. The van der Waals surface area contributed by atoms with E-state index in [-0.39, 0.29) is 0 Å². The predicted octanol–water partition coefficient (Wildman–Crippen LogP) is 8.37. The van der Waals surface area contributed by atoms with Crippen LogP contribution in [0, 0.1) is 0 Å². The Morgan fingerprint density at radius 2 is 0.789 bits per heavy atom. The lowest BCUT2D eigenvalue weighted by Crippen LogP contribution is -1.91. The minimum Gasteiger partial charge on any atom is -0.497 e. The predicted molar refractivity (Wildman–Crippen MR) is 158 cm³/mol. The molecular weight excluding hydrogens is 472 g/mol. The maximum atomic E-state index is 5.60. The highest BCUT2D eigenvalue weighted by Gasteiger charge is 2.12. The highest BCUT2D eigenvalue weighted by atomic mass is 16.5. The van der Waals surface area contributed by atoms with Crippen LogP contribution >= 0.6 is 0 Å². The van der Waals surface area contributed by atoms with E-state index in [1.54, 1.807) is 28.4 Å². The Morgan fingerprint density at radius 3 is 1.11 bits per heavy atom. The molecule has 0 saturated heterocycles. The SMILES string of the molecule is COc1ccc(OC)c(/C=C/c2c3ccccc3c(/C=C/c3cc(OC)ccc3OC)c3ccccc23)c1. The van der Waals surface area contributed by atoms with Crippen molar-refractivity contribution in [3.63, 3.8) is 0 Å². The van der Waals surface area contributed by atoms with E-state index in [1.165, 1.54) is 21.5 Å². The molecule has 0 unspecified atom stereocenters. The van der Waals surface area contributed by atoms with Crippen molar-refractivity contribution in [2.45, 2.75) is 0 Å². The molecule has 0 N–H and O–H groups in total. The lowest BCUT2D eigenvalue weighted by molar-refractivity contribution is 0.402. The number of ether oxygens (including phenoxy) is 4. The lowest BCUT2D eigenvalue weighted by atomic mass is 9.90. The summed E-state index contributed by atoms with van der Waals surface area (Å²) in [6, 6.07) is 28.7. The van der Waals surface area contributed by atoms with E-state index in [9.17, 15) is 0 Å². The van der Waals surface area contributed by atoms with Crippen LogP contribution in [0.3, 0.4) is 0 Å². The topological polar surface area (TPSA) is 36.9 Å². The Kier molecular flexibility index (Phi) is 7.32. The largest absolute Gasteiger partial charge is 0.497 e. The Morgan fingerprint density at radius 1 is 0.421 bits per heavy atom. The molecule has 0 spiro atoms. The van der Waals surface area contributed by atoms with E-state index < -0.39 is 0 Å². The van der Waals surface area contributed by atoms with Gasteiger partial charge in [-0.25, -0.2) is 0 Å². The summed E-state index contributed by atoms with van der Waals surface area (Å²) in [5.74, 6) is 3.16. The highest BCUT2D eigenvalue weighted by Crippen LogP contribution is 2.37. The second-order valence-electron chi connectivity index (χ2n) is 8.80. The molecule has 5 aromatic carbocycles. The van der Waals surface area contributed by atoms with Gasteiger partial charge in [0.1, 0.15) is 23.0 Å². The maximum absolute atomic E-state index is 5.60. The summed E-state index contributed by atoms with van der Waals surface area (Å²) in [5, 5.41) is 4.67. The zero-order chi connectivity index (χ0) is 26.5. The second-order valence-corrected chi connectivity index (χ2v) is 8.80. The molecule has 38 heavy (non-hydrogen) atoms. The number of fused-ring (bicyclic) bond motifs is 2. The van der Waals surface area contributed by atoms with Crippen LogP contribution in [0.1, 0.15) is 22.3 Å². The molecule has 0 atom stereocenters. The average molecular weight is 503 g/mol. The number of methoxy groups -OCH3 is 4. The molecule has 4 nitrogen and oxygen atoms in total. The molecule has 0 aromatic heterocycles. The highest BCUT2D eigenvalue weighted by molar-refractivity contribution is 6.14. The second kappa shape index (κ2) is 11.1. The zero-order valence-corrected chi connectivity index (χ0v) is 22.0. The minimum atomic E-state index is 0.786. The van der Waals surface area contributed by atoms with E-state index >= 15 is 0 Å². The molecular formula is C34H30O4. The number of rotatable bonds is 8. The monoisotopic (exact) mass is 502 g/mol. The first-order valence-electron chi connectivity index (χ1n) is 12.4. The van der Waals surface area contributed by atoms with Gasteiger partial charge in [-0.2, -0.15) is 0 Å². The number of hydrogen-bond acceptors (Lipinski definition) is 4. The van der Waals surface area contributed by atoms with Crippen molar-refractivity contribution in [3.8, 4) is 23.0 Å². The molecule has 0 aliphatic carbocycles. The summed E-state index contributed by atoms with van der Waals surface area (Å²) in [5.41, 5.74) is 4.21. The van der Waals surface area contributed by atoms with Gasteiger partial charge >= 0.3 is 0 Å². The van der Waals surface area contributed by atoms with Gasteiger partial charge in [0.15, 0.2) is 0 Å². The van der Waals surface area contributed by atoms with Gasteiger partial charge in [0.05, 0.1) is 28.4 Å². The van der Waals surface area contributed by atoms with E-state index in [4.69, 9.17) is 18.9 Å². The van der Waals surface area contributed by atoms with Crippen LogP contribution in [0.2, 0.25) is 0 Å². The molecule has 190 valence electrons. The maximum Gasteiger partial charge on any atom is 0.126 e. The van der Waals surface area contributed by atoms with E-state index in [2.05, 4.69) is 72.8 Å². The van der Waals surface area contributed by atoms with E-state index in [1.807, 2.05) is 36.4 Å². The van der Waals surface area contributed by atoms with Crippen molar-refractivity contribution in [2.24, 2.45) is 0 Å². The fraction of sp³-hybridized carbons (Fsp3) is 0.118. The van der Waals surface area contributed by atoms with Gasteiger partial charge in [0, 0.05) is 11.1 Å². The third-order valence-corrected chi connectivity index (χ3v) is 6.75. The number of benzene rings is 5. The summed E-state index contributed by atoms with van der Waals surface area (Å²) in [4.78, 5) is 0. The fourth-order valence-corrected chi connectivity index (χ4v) is 4.84. The average Bonchev–Trinajstić information content (AvgIpc) is 2.98. The molecule has 0 heterocycles. The summed E-state index contributed by atoms with van der Waals surface area (Å²) >= 11 is 0. The van der Waals surface area contributed by atoms with Crippen molar-refractivity contribution in [1.29, 1.82) is 0 Å². The molecule has 0 saturated carbocycles. The number of hydrogen-bond donors (Lipinski definition) is 0. The summed E-state index contributed by atoms with van der Waals surface area (Å²) in [7, 11) is 6.71. The Balaban J connectivity index is 1.70. The van der Waals surface area contributed by atoms with Crippen LogP contribution in [0.25, 0.3) is 45.8 Å². The molecule has 4 heteroatoms. The lowest BCUT2D eigenvalue weighted by Gasteiger charge is -2.14. The molecule has 0 aliphatic heterocycles. The van der Waals surface area contributed by atoms with E-state index in [0.29, 0.717) is 0 Å². The smallest absolute Gasteiger partial charge is 0.126 e. The quantitative estimate of drug-likeness (QED) is 0.158. The van der Waals surface area contributed by atoms with Crippen molar-refractivity contribution < 1.29 is 18.9 Å². The van der Waals surface area contributed by atoms with Gasteiger partial charge < -0.3 is 18.9 Å². The van der Waals surface area contributed by atoms with Crippen molar-refractivity contribution in [3.05, 3.63) is 107 Å². The van der Waals surface area contributed by atoms with Crippen LogP contribution in [0.15, 0.2) is 84.9 Å². The third kappa shape index (κ3) is 4.81. The first-order valence-corrected chi connectivity index (χ1v) is 12.4. The van der Waals surface area contributed by atoms with Crippen molar-refractivity contribution >= 4 is 45.8 Å². The zero-order valence-electron chi connectivity index (χ0n) is 22.0.